The summed E-state index contributed by atoms with van der Waals surface area (Å²) in [6.07, 6.45) is 3.21. The zero-order valence-electron chi connectivity index (χ0n) is 12.9. The van der Waals surface area contributed by atoms with E-state index in [9.17, 15) is 9.59 Å². The van der Waals surface area contributed by atoms with Crippen LogP contribution >= 0.6 is 15.9 Å². The molecule has 0 unspecified atom stereocenters. The molecule has 8 nitrogen and oxygen atoms in total. The number of fused-ring (bicyclic) bond motifs is 2. The molecule has 24 heavy (non-hydrogen) atoms. The van der Waals surface area contributed by atoms with Crippen LogP contribution in [-0.4, -0.2) is 28.7 Å². The van der Waals surface area contributed by atoms with Gasteiger partial charge < -0.3 is 9.55 Å². The number of rotatable bonds is 2. The van der Waals surface area contributed by atoms with Crippen LogP contribution < -0.4 is 11.2 Å². The molecule has 4 aromatic rings. The summed E-state index contributed by atoms with van der Waals surface area (Å²) in [6, 6.07) is 3.75. The third-order valence-corrected chi connectivity index (χ3v) is 5.00. The van der Waals surface area contributed by atoms with Gasteiger partial charge in [0, 0.05) is 30.2 Å². The molecule has 4 heterocycles. The molecule has 0 fully saturated rings. The van der Waals surface area contributed by atoms with Crippen molar-refractivity contribution in [1.29, 1.82) is 0 Å². The number of aromatic amines is 1. The van der Waals surface area contributed by atoms with Gasteiger partial charge in [-0.2, -0.15) is 0 Å². The highest BCUT2D eigenvalue weighted by atomic mass is 79.9. The molecule has 122 valence electrons. The number of halogens is 1. The lowest BCUT2D eigenvalue weighted by Gasteiger charge is -2.08. The van der Waals surface area contributed by atoms with E-state index in [2.05, 4.69) is 30.9 Å². The predicted molar refractivity (Wildman–Crippen MR) is 93.1 cm³/mol. The van der Waals surface area contributed by atoms with Crippen molar-refractivity contribution in [3.8, 4) is 0 Å². The fraction of sp³-hybridized carbons (Fsp3) is 0.200. The SMILES string of the molecule is Cn1cnc2c1c(=O)n(Cc1[nH]c3ncccc3c1Br)c(=O)n2C. The molecule has 4 aromatic heterocycles. The molecule has 0 atom stereocenters. The Morgan fingerprint density at radius 2 is 2.04 bits per heavy atom. The molecule has 4 rings (SSSR count). The second-order valence-corrected chi connectivity index (χ2v) is 6.37. The standard InChI is InChI=1S/C15H13BrN6O2/c1-20-7-18-13-11(20)14(23)22(15(24)21(13)2)6-9-10(16)8-4-3-5-17-12(8)19-9/h3-5,7H,6H2,1-2H3,(H,17,19). The first-order chi connectivity index (χ1) is 11.5. The number of pyridine rings is 1. The van der Waals surface area contributed by atoms with Gasteiger partial charge in [-0.1, -0.05) is 0 Å². The van der Waals surface area contributed by atoms with E-state index in [0.29, 0.717) is 22.5 Å². The fourth-order valence-electron chi connectivity index (χ4n) is 2.85. The Balaban J connectivity index is 1.97. The zero-order valence-corrected chi connectivity index (χ0v) is 14.5. The predicted octanol–water partition coefficient (Wildman–Crippen LogP) is 1.12. The van der Waals surface area contributed by atoms with Crippen molar-refractivity contribution in [1.82, 2.24) is 28.7 Å². The molecule has 1 N–H and O–H groups in total. The average Bonchev–Trinajstić information content (AvgIpc) is 3.11. The number of nitrogens with zero attached hydrogens (tertiary/aromatic N) is 5. The highest BCUT2D eigenvalue weighted by molar-refractivity contribution is 9.10. The van der Waals surface area contributed by atoms with Gasteiger partial charge in [0.1, 0.15) is 5.65 Å². The van der Waals surface area contributed by atoms with E-state index in [4.69, 9.17) is 0 Å². The van der Waals surface area contributed by atoms with Crippen LogP contribution in [0.25, 0.3) is 22.2 Å². The number of H-pyrrole nitrogens is 1. The minimum Gasteiger partial charge on any atom is -0.341 e. The molecule has 0 amide bonds. The lowest BCUT2D eigenvalue weighted by molar-refractivity contribution is 0.646. The number of aryl methyl sites for hydroxylation is 2. The zero-order chi connectivity index (χ0) is 17.0. The van der Waals surface area contributed by atoms with Gasteiger partial charge in [-0.05, 0) is 28.1 Å². The summed E-state index contributed by atoms with van der Waals surface area (Å²) in [7, 11) is 3.34. The molecule has 0 saturated heterocycles. The largest absolute Gasteiger partial charge is 0.341 e. The second-order valence-electron chi connectivity index (χ2n) is 5.58. The molecule has 0 aromatic carbocycles. The third kappa shape index (κ3) is 1.97. The lowest BCUT2D eigenvalue weighted by Crippen LogP contribution is -2.40. The van der Waals surface area contributed by atoms with Gasteiger partial charge in [0.05, 0.1) is 18.6 Å². The summed E-state index contributed by atoms with van der Waals surface area (Å²) in [6.45, 7) is 0.115. The highest BCUT2D eigenvalue weighted by Crippen LogP contribution is 2.26. The normalized spacial score (nSPS) is 11.6. The van der Waals surface area contributed by atoms with E-state index < -0.39 is 5.69 Å². The highest BCUT2D eigenvalue weighted by Gasteiger charge is 2.17. The van der Waals surface area contributed by atoms with E-state index in [0.717, 1.165) is 9.86 Å². The Morgan fingerprint density at radius 3 is 2.79 bits per heavy atom. The first-order valence-corrected chi connectivity index (χ1v) is 8.00. The number of nitrogens with one attached hydrogen (secondary N) is 1. The molecule has 9 heteroatoms. The Kier molecular flexibility index (Phi) is 3.20. The summed E-state index contributed by atoms with van der Waals surface area (Å²) in [5.74, 6) is 0. The van der Waals surface area contributed by atoms with Crippen LogP contribution in [0.3, 0.4) is 0 Å². The number of aromatic nitrogens is 6. The van der Waals surface area contributed by atoms with Crippen molar-refractivity contribution < 1.29 is 0 Å². The van der Waals surface area contributed by atoms with Crippen LogP contribution in [-0.2, 0) is 20.6 Å². The molecule has 0 radical (unpaired) electrons. The van der Waals surface area contributed by atoms with Crippen molar-refractivity contribution in [2.24, 2.45) is 14.1 Å². The van der Waals surface area contributed by atoms with Crippen LogP contribution in [0, 0.1) is 0 Å². The first-order valence-electron chi connectivity index (χ1n) is 7.21. The van der Waals surface area contributed by atoms with Gasteiger partial charge in [-0.25, -0.2) is 14.8 Å². The van der Waals surface area contributed by atoms with Crippen LogP contribution in [0.4, 0.5) is 0 Å². The van der Waals surface area contributed by atoms with Crippen molar-refractivity contribution in [3.05, 3.63) is 55.7 Å². The van der Waals surface area contributed by atoms with Gasteiger partial charge in [0.2, 0.25) is 0 Å². The van der Waals surface area contributed by atoms with Crippen molar-refractivity contribution in [3.63, 3.8) is 0 Å². The topological polar surface area (TPSA) is 90.5 Å². The fourth-order valence-corrected chi connectivity index (χ4v) is 3.39. The van der Waals surface area contributed by atoms with Crippen LogP contribution in [0.5, 0.6) is 0 Å². The number of hydrogen-bond donors (Lipinski definition) is 1. The number of imidazole rings is 1. The molecule has 0 aliphatic heterocycles. The van der Waals surface area contributed by atoms with E-state index in [1.165, 1.54) is 15.5 Å². The maximum atomic E-state index is 12.8. The smallest absolute Gasteiger partial charge is 0.332 e. The van der Waals surface area contributed by atoms with Crippen molar-refractivity contribution >= 4 is 38.1 Å². The molecule has 0 bridgehead atoms. The molecule has 0 aliphatic carbocycles. The Labute approximate surface area is 143 Å². The molecule has 0 aliphatic rings. The van der Waals surface area contributed by atoms with Gasteiger partial charge in [0.25, 0.3) is 5.56 Å². The Bertz CT molecular complexity index is 1210. The Hall–Kier alpha value is -2.68. The molecular weight excluding hydrogens is 376 g/mol. The maximum absolute atomic E-state index is 12.8. The summed E-state index contributed by atoms with van der Waals surface area (Å²) in [4.78, 5) is 36.9. The second kappa shape index (κ2) is 5.17. The number of hydrogen-bond acceptors (Lipinski definition) is 4. The van der Waals surface area contributed by atoms with Gasteiger partial charge in [-0.15, -0.1) is 0 Å². The van der Waals surface area contributed by atoms with Crippen LogP contribution in [0.2, 0.25) is 0 Å². The minimum atomic E-state index is -0.412. The monoisotopic (exact) mass is 388 g/mol. The minimum absolute atomic E-state index is 0.115. The average molecular weight is 389 g/mol. The van der Waals surface area contributed by atoms with Crippen molar-refractivity contribution in [2.75, 3.05) is 0 Å². The van der Waals surface area contributed by atoms with Gasteiger partial charge in [0.15, 0.2) is 11.2 Å². The quantitative estimate of drug-likeness (QED) is 0.556. The summed E-state index contributed by atoms with van der Waals surface area (Å²) >= 11 is 3.52. The summed E-state index contributed by atoms with van der Waals surface area (Å²) < 4.78 is 4.99. The van der Waals surface area contributed by atoms with Gasteiger partial charge in [-0.3, -0.25) is 13.9 Å². The van der Waals surface area contributed by atoms with Crippen molar-refractivity contribution in [2.45, 2.75) is 6.54 Å². The summed E-state index contributed by atoms with van der Waals surface area (Å²) in [5.41, 5.74) is 1.40. The summed E-state index contributed by atoms with van der Waals surface area (Å²) in [5, 5.41) is 0.902. The van der Waals surface area contributed by atoms with E-state index in [1.807, 2.05) is 12.1 Å². The van der Waals surface area contributed by atoms with E-state index in [-0.39, 0.29) is 12.1 Å². The first kappa shape index (κ1) is 14.9. The van der Waals surface area contributed by atoms with Crippen LogP contribution in [0.1, 0.15) is 5.69 Å². The third-order valence-electron chi connectivity index (χ3n) is 4.10. The maximum Gasteiger partial charge on any atom is 0.332 e. The van der Waals surface area contributed by atoms with E-state index >= 15 is 0 Å². The van der Waals surface area contributed by atoms with Crippen LogP contribution in [0.15, 0.2) is 38.7 Å². The lowest BCUT2D eigenvalue weighted by atomic mass is 10.3. The van der Waals surface area contributed by atoms with E-state index in [1.54, 1.807) is 24.9 Å². The molecular formula is C15H13BrN6O2. The molecule has 0 saturated carbocycles. The molecule has 0 spiro atoms. The Morgan fingerprint density at radius 1 is 1.25 bits per heavy atom. The van der Waals surface area contributed by atoms with Gasteiger partial charge >= 0.3 is 5.69 Å².